The van der Waals surface area contributed by atoms with Crippen LogP contribution in [0.2, 0.25) is 0 Å². The lowest BCUT2D eigenvalue weighted by Gasteiger charge is -2.19. The second-order valence-corrected chi connectivity index (χ2v) is 7.77. The lowest BCUT2D eigenvalue weighted by Crippen LogP contribution is -2.40. The average Bonchev–Trinajstić information content (AvgIpc) is 2.74. The summed E-state index contributed by atoms with van der Waals surface area (Å²) in [4.78, 5) is 0. The normalized spacial score (nSPS) is 12.5. The lowest BCUT2D eigenvalue weighted by molar-refractivity contribution is -0.686. The molecule has 0 saturated carbocycles. The molecular formula is C24H28NO4+. The van der Waals surface area contributed by atoms with E-state index in [1.807, 2.05) is 6.07 Å². The van der Waals surface area contributed by atoms with E-state index in [1.54, 1.807) is 21.3 Å². The van der Waals surface area contributed by atoms with Crippen molar-refractivity contribution in [2.45, 2.75) is 26.8 Å². The monoisotopic (exact) mass is 394 g/mol. The lowest BCUT2D eigenvalue weighted by atomic mass is 9.95. The van der Waals surface area contributed by atoms with Gasteiger partial charge in [-0.15, -0.1) is 0 Å². The maximum atomic E-state index is 6.16. The highest BCUT2D eigenvalue weighted by molar-refractivity contribution is 5.91. The molecule has 5 nitrogen and oxygen atoms in total. The highest BCUT2D eigenvalue weighted by Crippen LogP contribution is 2.40. The van der Waals surface area contributed by atoms with Crippen molar-refractivity contribution in [2.75, 3.05) is 27.9 Å². The Kier molecular flexibility index (Phi) is 5.22. The molecule has 2 aromatic carbocycles. The van der Waals surface area contributed by atoms with Gasteiger partial charge in [0.05, 0.1) is 38.9 Å². The van der Waals surface area contributed by atoms with Crippen LogP contribution < -0.4 is 23.5 Å². The Morgan fingerprint density at radius 1 is 0.931 bits per heavy atom. The van der Waals surface area contributed by atoms with E-state index < -0.39 is 0 Å². The van der Waals surface area contributed by atoms with Crippen molar-refractivity contribution in [3.05, 3.63) is 42.1 Å². The molecule has 0 bridgehead atoms. The fourth-order valence-electron chi connectivity index (χ4n) is 3.89. The molecule has 152 valence electrons. The SMILES string of the molecule is COc1cc2c(cc1OC)-c1cc3ccc(OC)c(OCC(C)C)c3c[n+]1CC2. The van der Waals surface area contributed by atoms with Crippen LogP contribution in [0.3, 0.4) is 0 Å². The van der Waals surface area contributed by atoms with Crippen LogP contribution >= 0.6 is 0 Å². The van der Waals surface area contributed by atoms with Crippen molar-refractivity contribution in [2.24, 2.45) is 5.92 Å². The standard InChI is InChI=1S/C24H28NO4/c1-15(2)14-29-24-19-13-25-9-8-17-11-22(27-4)23(28-5)12-18(17)20(25)10-16(19)6-7-21(24)26-3/h6-7,10-13,15H,8-9,14H2,1-5H3/q+1. The zero-order valence-corrected chi connectivity index (χ0v) is 17.7. The number of methoxy groups -OCH3 is 3. The predicted octanol–water partition coefficient (Wildman–Crippen LogP) is 4.41. The van der Waals surface area contributed by atoms with E-state index in [4.69, 9.17) is 18.9 Å². The number of aryl methyl sites for hydroxylation is 2. The van der Waals surface area contributed by atoms with Gasteiger partial charge in [-0.1, -0.05) is 13.8 Å². The molecule has 0 spiro atoms. The molecule has 0 unspecified atom stereocenters. The third kappa shape index (κ3) is 3.46. The molecule has 0 amide bonds. The summed E-state index contributed by atoms with van der Waals surface area (Å²) < 4.78 is 25.0. The van der Waals surface area contributed by atoms with Gasteiger partial charge in [0.25, 0.3) is 0 Å². The number of benzene rings is 2. The predicted molar refractivity (Wildman–Crippen MR) is 113 cm³/mol. The van der Waals surface area contributed by atoms with Crippen molar-refractivity contribution < 1.29 is 23.5 Å². The van der Waals surface area contributed by atoms with E-state index in [-0.39, 0.29) is 0 Å². The van der Waals surface area contributed by atoms with Crippen LogP contribution in [-0.2, 0) is 13.0 Å². The third-order valence-corrected chi connectivity index (χ3v) is 5.37. The molecule has 5 heteroatoms. The molecular weight excluding hydrogens is 366 g/mol. The first-order valence-corrected chi connectivity index (χ1v) is 9.98. The molecule has 0 N–H and O–H groups in total. The molecule has 1 aliphatic heterocycles. The second-order valence-electron chi connectivity index (χ2n) is 7.77. The maximum absolute atomic E-state index is 6.16. The number of rotatable bonds is 6. The van der Waals surface area contributed by atoms with Gasteiger partial charge >= 0.3 is 0 Å². The minimum atomic E-state index is 0.439. The summed E-state index contributed by atoms with van der Waals surface area (Å²) in [6, 6.07) is 10.5. The van der Waals surface area contributed by atoms with Crippen LogP contribution in [0.25, 0.3) is 22.0 Å². The molecule has 0 fully saturated rings. The molecule has 0 atom stereocenters. The first kappa shape index (κ1) is 19.4. The van der Waals surface area contributed by atoms with E-state index in [0.29, 0.717) is 12.5 Å². The Hall–Kier alpha value is -2.95. The number of hydrogen-bond acceptors (Lipinski definition) is 4. The minimum absolute atomic E-state index is 0.439. The third-order valence-electron chi connectivity index (χ3n) is 5.37. The molecule has 4 rings (SSSR count). The van der Waals surface area contributed by atoms with Gasteiger partial charge in [-0.3, -0.25) is 0 Å². The number of ether oxygens (including phenoxy) is 4. The summed E-state index contributed by atoms with van der Waals surface area (Å²) in [7, 11) is 5.03. The topological polar surface area (TPSA) is 40.8 Å². The quantitative estimate of drug-likeness (QED) is 0.581. The van der Waals surface area contributed by atoms with Gasteiger partial charge in [0.1, 0.15) is 0 Å². The van der Waals surface area contributed by atoms with Crippen LogP contribution in [0.1, 0.15) is 19.4 Å². The van der Waals surface area contributed by atoms with E-state index in [1.165, 1.54) is 16.8 Å². The second kappa shape index (κ2) is 7.82. The number of hydrogen-bond donors (Lipinski definition) is 0. The number of pyridine rings is 1. The Morgan fingerprint density at radius 3 is 2.34 bits per heavy atom. The van der Waals surface area contributed by atoms with Gasteiger partial charge in [0, 0.05) is 12.5 Å². The summed E-state index contributed by atoms with van der Waals surface area (Å²) in [6.45, 7) is 5.84. The summed E-state index contributed by atoms with van der Waals surface area (Å²) in [5, 5.41) is 2.19. The Balaban J connectivity index is 1.88. The highest BCUT2D eigenvalue weighted by atomic mass is 16.5. The first-order valence-electron chi connectivity index (χ1n) is 9.98. The van der Waals surface area contributed by atoms with Crippen molar-refractivity contribution in [1.82, 2.24) is 0 Å². The van der Waals surface area contributed by atoms with Crippen LogP contribution in [0.4, 0.5) is 0 Å². The zero-order valence-electron chi connectivity index (χ0n) is 17.7. The highest BCUT2D eigenvalue weighted by Gasteiger charge is 2.27. The minimum Gasteiger partial charge on any atom is -0.493 e. The fraction of sp³-hybridized carbons (Fsp3) is 0.375. The van der Waals surface area contributed by atoms with E-state index >= 15 is 0 Å². The van der Waals surface area contributed by atoms with Crippen molar-refractivity contribution in [1.29, 1.82) is 0 Å². The summed E-state index contributed by atoms with van der Waals surface area (Å²) >= 11 is 0. The van der Waals surface area contributed by atoms with Gasteiger partial charge in [-0.05, 0) is 41.1 Å². The zero-order chi connectivity index (χ0) is 20.5. The summed E-state index contributed by atoms with van der Waals surface area (Å²) in [5.41, 5.74) is 3.61. The first-order chi connectivity index (χ1) is 14.0. The molecule has 1 aliphatic rings. The number of fused-ring (bicyclic) bond motifs is 4. The molecule has 0 aliphatic carbocycles. The Morgan fingerprint density at radius 2 is 1.66 bits per heavy atom. The van der Waals surface area contributed by atoms with Crippen LogP contribution in [0.15, 0.2) is 36.5 Å². The van der Waals surface area contributed by atoms with Crippen molar-refractivity contribution in [3.8, 4) is 34.3 Å². The molecule has 2 heterocycles. The maximum Gasteiger partial charge on any atom is 0.213 e. The molecule has 3 aromatic rings. The average molecular weight is 394 g/mol. The van der Waals surface area contributed by atoms with E-state index in [2.05, 4.69) is 48.9 Å². The van der Waals surface area contributed by atoms with Crippen LogP contribution in [0.5, 0.6) is 23.0 Å². The van der Waals surface area contributed by atoms with Gasteiger partial charge in [-0.2, -0.15) is 4.57 Å². The summed E-state index contributed by atoms with van der Waals surface area (Å²) in [5.74, 6) is 3.54. The van der Waals surface area contributed by atoms with Gasteiger partial charge in [0.2, 0.25) is 5.69 Å². The fourth-order valence-corrected chi connectivity index (χ4v) is 3.89. The summed E-state index contributed by atoms with van der Waals surface area (Å²) in [6.07, 6.45) is 3.12. The Labute approximate surface area is 171 Å². The van der Waals surface area contributed by atoms with Crippen LogP contribution in [0, 0.1) is 5.92 Å². The Bertz CT molecular complexity index is 1060. The van der Waals surface area contributed by atoms with Crippen molar-refractivity contribution in [3.63, 3.8) is 0 Å². The number of nitrogens with zero attached hydrogens (tertiary/aromatic N) is 1. The largest absolute Gasteiger partial charge is 0.493 e. The van der Waals surface area contributed by atoms with E-state index in [0.717, 1.165) is 46.7 Å². The molecule has 29 heavy (non-hydrogen) atoms. The molecule has 1 aromatic heterocycles. The van der Waals surface area contributed by atoms with Crippen LogP contribution in [-0.4, -0.2) is 27.9 Å². The van der Waals surface area contributed by atoms with Gasteiger partial charge in [-0.25, -0.2) is 0 Å². The van der Waals surface area contributed by atoms with Gasteiger partial charge in [0.15, 0.2) is 35.7 Å². The smallest absolute Gasteiger partial charge is 0.213 e. The number of aromatic nitrogens is 1. The van der Waals surface area contributed by atoms with E-state index in [9.17, 15) is 0 Å². The van der Waals surface area contributed by atoms with Crippen molar-refractivity contribution >= 4 is 10.8 Å². The molecule has 0 radical (unpaired) electrons. The molecule has 0 saturated heterocycles. The van der Waals surface area contributed by atoms with Gasteiger partial charge < -0.3 is 18.9 Å².